The van der Waals surface area contributed by atoms with Gasteiger partial charge in [0, 0.05) is 0 Å². The minimum atomic E-state index is -1.01. The van der Waals surface area contributed by atoms with Crippen LogP contribution in [0.3, 0.4) is 0 Å². The molecule has 2 aliphatic carbocycles. The highest BCUT2D eigenvalue weighted by molar-refractivity contribution is 7.41. The summed E-state index contributed by atoms with van der Waals surface area (Å²) in [6, 6.07) is 0. The van der Waals surface area contributed by atoms with E-state index in [0.717, 1.165) is 5.92 Å². The summed E-state index contributed by atoms with van der Waals surface area (Å²) >= 11 is 0. The van der Waals surface area contributed by atoms with Gasteiger partial charge in [0.15, 0.2) is 0 Å². The topological polar surface area (TPSA) is 64.4 Å². The van der Waals surface area contributed by atoms with E-state index in [2.05, 4.69) is 4.74 Å². The van der Waals surface area contributed by atoms with Crippen LogP contribution in [-0.4, -0.2) is 5.54 Å². The third-order valence-corrected chi connectivity index (χ3v) is 3.69. The Kier molecular flexibility index (Phi) is 1.75. The van der Waals surface area contributed by atoms with Crippen LogP contribution in [0.5, 0.6) is 0 Å². The Bertz CT molecular complexity index is 190. The molecule has 2 bridgehead atoms. The Hall–Kier alpha value is 0.0200. The van der Waals surface area contributed by atoms with E-state index in [1.165, 1.54) is 32.1 Å². The van der Waals surface area contributed by atoms with Crippen molar-refractivity contribution < 1.29 is 0 Å². The van der Waals surface area contributed by atoms with E-state index in [1.54, 1.807) is 0 Å². The highest BCUT2D eigenvalue weighted by Crippen LogP contribution is 2.51. The molecule has 0 amide bonds. The van der Waals surface area contributed by atoms with Gasteiger partial charge in [-0.25, -0.2) is 0 Å². The molecule has 0 unspecified atom stereocenters. The van der Waals surface area contributed by atoms with Crippen molar-refractivity contribution in [3.05, 3.63) is 0 Å². The molecule has 11 heavy (non-hydrogen) atoms. The van der Waals surface area contributed by atoms with Crippen molar-refractivity contribution in [1.29, 1.82) is 0 Å². The molecule has 2 rings (SSSR count). The normalized spacial score (nSPS) is 41.1. The molecule has 0 aromatic rings. The highest BCUT2D eigenvalue weighted by Gasteiger charge is 2.47. The minimum Gasteiger partial charge on any atom is -0.121 e. The van der Waals surface area contributed by atoms with Gasteiger partial charge in [-0.2, -0.15) is 0 Å². The molecule has 3 nitrogen and oxygen atoms in total. The number of nitrogens with two attached hydrogens (primary N) is 2. The van der Waals surface area contributed by atoms with Crippen molar-refractivity contribution in [1.82, 2.24) is 0 Å². The predicted molar refractivity (Wildman–Crippen MR) is 47.0 cm³/mol. The molecule has 62 valence electrons. The van der Waals surface area contributed by atoms with Crippen molar-refractivity contribution in [2.75, 3.05) is 0 Å². The second-order valence-corrected chi connectivity index (χ2v) is 4.81. The van der Waals surface area contributed by atoms with E-state index in [0.29, 0.717) is 0 Å². The standard InChI is InChI=1S/C7H15N3P/c8-11(9)10-7-3-1-6(5-7)2-4-7/h6H,1-5H2,(H4,8,9,10)/q+1. The van der Waals surface area contributed by atoms with Crippen molar-refractivity contribution >= 4 is 8.01 Å². The van der Waals surface area contributed by atoms with Gasteiger partial charge in [0.05, 0.1) is 0 Å². The average Bonchev–Trinajstić information content (AvgIpc) is 2.43. The zero-order valence-corrected chi connectivity index (χ0v) is 7.56. The molecule has 0 saturated heterocycles. The molecular formula is C7H15N3P+. The van der Waals surface area contributed by atoms with E-state index in [1.807, 2.05) is 0 Å². The minimum absolute atomic E-state index is 0.236. The van der Waals surface area contributed by atoms with Crippen molar-refractivity contribution in [3.8, 4) is 0 Å². The van der Waals surface area contributed by atoms with Gasteiger partial charge in [-0.1, -0.05) is 4.74 Å². The van der Waals surface area contributed by atoms with E-state index in [9.17, 15) is 0 Å². The molecule has 0 heterocycles. The molecule has 0 atom stereocenters. The van der Waals surface area contributed by atoms with Gasteiger partial charge in [-0.3, -0.25) is 0 Å². The Labute approximate surface area is 68.1 Å². The first-order chi connectivity index (χ1) is 5.20. The van der Waals surface area contributed by atoms with Crippen molar-refractivity contribution in [3.63, 3.8) is 0 Å². The maximum atomic E-state index is 5.53. The Morgan fingerprint density at radius 1 is 1.27 bits per heavy atom. The number of hydrogen-bond donors (Lipinski definition) is 2. The fourth-order valence-electron chi connectivity index (χ4n) is 2.55. The summed E-state index contributed by atoms with van der Waals surface area (Å²) in [5.41, 5.74) is 11.3. The number of hydrogen-bond acceptors (Lipinski definition) is 1. The highest BCUT2D eigenvalue weighted by atomic mass is 31.1. The zero-order chi connectivity index (χ0) is 7.90. The number of fused-ring (bicyclic) bond motifs is 2. The second-order valence-electron chi connectivity index (χ2n) is 3.85. The molecule has 0 aromatic heterocycles. The Balaban J connectivity index is 2.17. The molecule has 0 radical (unpaired) electrons. The third-order valence-electron chi connectivity index (χ3n) is 3.03. The molecule has 2 aliphatic rings. The van der Waals surface area contributed by atoms with E-state index in [-0.39, 0.29) is 5.54 Å². The monoisotopic (exact) mass is 172 g/mol. The van der Waals surface area contributed by atoms with E-state index < -0.39 is 8.01 Å². The summed E-state index contributed by atoms with van der Waals surface area (Å²) < 4.78 is 4.49. The first kappa shape index (κ1) is 7.66. The number of rotatable bonds is 1. The van der Waals surface area contributed by atoms with E-state index >= 15 is 0 Å². The summed E-state index contributed by atoms with van der Waals surface area (Å²) in [6.07, 6.45) is 6.45. The Morgan fingerprint density at radius 3 is 2.27 bits per heavy atom. The van der Waals surface area contributed by atoms with Crippen LogP contribution in [0.4, 0.5) is 0 Å². The summed E-state index contributed by atoms with van der Waals surface area (Å²) in [7, 11) is -1.01. The molecule has 0 aliphatic heterocycles. The van der Waals surface area contributed by atoms with Crippen LogP contribution in [0.2, 0.25) is 0 Å². The average molecular weight is 172 g/mol. The molecule has 2 saturated carbocycles. The van der Waals surface area contributed by atoms with Crippen LogP contribution in [0, 0.1) is 5.92 Å². The van der Waals surface area contributed by atoms with Crippen LogP contribution < -0.4 is 11.0 Å². The smallest absolute Gasteiger partial charge is 0.121 e. The lowest BCUT2D eigenvalue weighted by Crippen LogP contribution is -2.19. The van der Waals surface area contributed by atoms with Crippen LogP contribution in [0.25, 0.3) is 0 Å². The van der Waals surface area contributed by atoms with Gasteiger partial charge in [-0.05, 0) is 38.0 Å². The van der Waals surface area contributed by atoms with Gasteiger partial charge in [0.1, 0.15) is 5.54 Å². The Morgan fingerprint density at radius 2 is 1.91 bits per heavy atom. The summed E-state index contributed by atoms with van der Waals surface area (Å²) in [5.74, 6) is 0.939. The van der Waals surface area contributed by atoms with Gasteiger partial charge in [0.25, 0.3) is 0 Å². The lowest BCUT2D eigenvalue weighted by Gasteiger charge is -2.16. The summed E-state index contributed by atoms with van der Waals surface area (Å²) in [6.45, 7) is 0. The predicted octanol–water partition coefficient (Wildman–Crippen LogP) is 1.73. The fraction of sp³-hybridized carbons (Fsp3) is 1.00. The maximum Gasteiger partial charge on any atom is 0.388 e. The van der Waals surface area contributed by atoms with Crippen molar-refractivity contribution in [2.45, 2.75) is 37.6 Å². The van der Waals surface area contributed by atoms with Gasteiger partial charge in [-0.15, -0.1) is 11.0 Å². The largest absolute Gasteiger partial charge is 0.388 e. The summed E-state index contributed by atoms with van der Waals surface area (Å²) in [5, 5.41) is 0. The lowest BCUT2D eigenvalue weighted by atomic mass is 9.95. The summed E-state index contributed by atoms with van der Waals surface area (Å²) in [4.78, 5) is 0. The molecule has 2 fully saturated rings. The SMILES string of the molecule is N[P+](N)=NC12CCC(CC1)C2. The quantitative estimate of drug-likeness (QED) is 0.591. The molecule has 4 N–H and O–H groups in total. The fourth-order valence-corrected chi connectivity index (χ4v) is 3.32. The lowest BCUT2D eigenvalue weighted by molar-refractivity contribution is 0.425. The molecule has 4 heteroatoms. The maximum absolute atomic E-state index is 5.53. The molecular weight excluding hydrogens is 157 g/mol. The second kappa shape index (κ2) is 2.51. The third kappa shape index (κ3) is 1.33. The van der Waals surface area contributed by atoms with Gasteiger partial charge in [0.2, 0.25) is 0 Å². The van der Waals surface area contributed by atoms with Crippen molar-refractivity contribution in [2.24, 2.45) is 21.7 Å². The number of nitrogens with zero attached hydrogens (tertiary/aromatic N) is 1. The van der Waals surface area contributed by atoms with Crippen LogP contribution in [-0.2, 0) is 0 Å². The first-order valence-electron chi connectivity index (χ1n) is 4.23. The first-order valence-corrected chi connectivity index (χ1v) is 5.66. The van der Waals surface area contributed by atoms with Crippen LogP contribution in [0.1, 0.15) is 32.1 Å². The zero-order valence-electron chi connectivity index (χ0n) is 6.66. The van der Waals surface area contributed by atoms with Crippen LogP contribution >= 0.6 is 8.01 Å². The van der Waals surface area contributed by atoms with Gasteiger partial charge >= 0.3 is 8.01 Å². The molecule has 0 aromatic carbocycles. The molecule has 0 spiro atoms. The van der Waals surface area contributed by atoms with E-state index in [4.69, 9.17) is 11.0 Å². The van der Waals surface area contributed by atoms with Crippen LogP contribution in [0.15, 0.2) is 4.74 Å². The van der Waals surface area contributed by atoms with Gasteiger partial charge < -0.3 is 0 Å².